The SMILES string of the molecule is CCc1cccc(CC)c1N(CC(=O)N(CC)c1ccccc1)C(C)=O. The van der Waals surface area contributed by atoms with Crippen LogP contribution < -0.4 is 9.80 Å². The number of aryl methyl sites for hydroxylation is 2. The molecule has 0 fully saturated rings. The van der Waals surface area contributed by atoms with Gasteiger partial charge in [0.1, 0.15) is 6.54 Å². The number of hydrogen-bond donors (Lipinski definition) is 0. The molecule has 2 aromatic rings. The third-order valence-corrected chi connectivity index (χ3v) is 4.59. The van der Waals surface area contributed by atoms with Crippen LogP contribution in [0.1, 0.15) is 38.8 Å². The maximum absolute atomic E-state index is 13.0. The molecular weight excluding hydrogens is 324 g/mol. The number of benzene rings is 2. The second kappa shape index (κ2) is 9.18. The lowest BCUT2D eigenvalue weighted by molar-refractivity contribution is -0.121. The summed E-state index contributed by atoms with van der Waals surface area (Å²) in [6.45, 7) is 8.21. The predicted molar refractivity (Wildman–Crippen MR) is 108 cm³/mol. The zero-order valence-electron chi connectivity index (χ0n) is 16.2. The molecule has 0 heterocycles. The van der Waals surface area contributed by atoms with Crippen molar-refractivity contribution in [1.82, 2.24) is 0 Å². The predicted octanol–water partition coefficient (Wildman–Crippen LogP) is 4.22. The first-order valence-corrected chi connectivity index (χ1v) is 9.27. The molecule has 0 bridgehead atoms. The van der Waals surface area contributed by atoms with Crippen LogP contribution in [-0.4, -0.2) is 24.9 Å². The van der Waals surface area contributed by atoms with E-state index in [-0.39, 0.29) is 18.4 Å². The highest BCUT2D eigenvalue weighted by Crippen LogP contribution is 2.27. The fourth-order valence-corrected chi connectivity index (χ4v) is 3.24. The van der Waals surface area contributed by atoms with E-state index >= 15 is 0 Å². The molecule has 2 rings (SSSR count). The monoisotopic (exact) mass is 352 g/mol. The van der Waals surface area contributed by atoms with Gasteiger partial charge in [-0.3, -0.25) is 9.59 Å². The van der Waals surface area contributed by atoms with Crippen LogP contribution in [0, 0.1) is 0 Å². The summed E-state index contributed by atoms with van der Waals surface area (Å²) in [5.74, 6) is -0.195. The Bertz CT molecular complexity index is 734. The van der Waals surface area contributed by atoms with Gasteiger partial charge in [0.05, 0.1) is 5.69 Å². The maximum atomic E-state index is 13.0. The average Bonchev–Trinajstić information content (AvgIpc) is 2.66. The number of carbonyl (C=O) groups excluding carboxylic acids is 2. The van der Waals surface area contributed by atoms with Gasteiger partial charge in [-0.15, -0.1) is 0 Å². The summed E-state index contributed by atoms with van der Waals surface area (Å²) in [5.41, 5.74) is 3.93. The van der Waals surface area contributed by atoms with Crippen LogP contribution in [0.2, 0.25) is 0 Å². The number of carbonyl (C=O) groups is 2. The van der Waals surface area contributed by atoms with Gasteiger partial charge in [-0.2, -0.15) is 0 Å². The van der Waals surface area contributed by atoms with Gasteiger partial charge in [-0.05, 0) is 43.0 Å². The van der Waals surface area contributed by atoms with E-state index < -0.39 is 0 Å². The van der Waals surface area contributed by atoms with Crippen molar-refractivity contribution in [3.05, 3.63) is 59.7 Å². The summed E-state index contributed by atoms with van der Waals surface area (Å²) < 4.78 is 0. The molecule has 0 radical (unpaired) electrons. The highest BCUT2D eigenvalue weighted by Gasteiger charge is 2.23. The standard InChI is InChI=1S/C22H28N2O2/c1-5-18-12-11-13-19(6-2)22(18)24(17(4)25)16-21(26)23(7-3)20-14-9-8-10-15-20/h8-15H,5-7,16H2,1-4H3. The summed E-state index contributed by atoms with van der Waals surface area (Å²) in [6.07, 6.45) is 1.63. The van der Waals surface area contributed by atoms with Crippen molar-refractivity contribution in [1.29, 1.82) is 0 Å². The van der Waals surface area contributed by atoms with E-state index in [2.05, 4.69) is 13.8 Å². The van der Waals surface area contributed by atoms with Crippen LogP contribution in [0.15, 0.2) is 48.5 Å². The van der Waals surface area contributed by atoms with Crippen molar-refractivity contribution >= 4 is 23.2 Å². The Hall–Kier alpha value is -2.62. The number of amides is 2. The molecule has 2 amide bonds. The van der Waals surface area contributed by atoms with Crippen molar-refractivity contribution in [2.24, 2.45) is 0 Å². The van der Waals surface area contributed by atoms with Crippen molar-refractivity contribution in [2.45, 2.75) is 40.5 Å². The Morgan fingerprint density at radius 2 is 1.38 bits per heavy atom. The average molecular weight is 352 g/mol. The molecule has 26 heavy (non-hydrogen) atoms. The smallest absolute Gasteiger partial charge is 0.247 e. The minimum absolute atomic E-state index is 0.0437. The molecule has 0 aliphatic rings. The van der Waals surface area contributed by atoms with E-state index in [0.717, 1.165) is 35.3 Å². The van der Waals surface area contributed by atoms with Crippen LogP contribution >= 0.6 is 0 Å². The first-order chi connectivity index (χ1) is 12.5. The van der Waals surface area contributed by atoms with Gasteiger partial charge in [0, 0.05) is 19.2 Å². The van der Waals surface area contributed by atoms with Crippen molar-refractivity contribution in [3.8, 4) is 0 Å². The topological polar surface area (TPSA) is 40.6 Å². The van der Waals surface area contributed by atoms with Gasteiger partial charge < -0.3 is 9.80 Å². The van der Waals surface area contributed by atoms with Crippen molar-refractivity contribution in [3.63, 3.8) is 0 Å². The Labute approximate surface area is 156 Å². The number of nitrogens with zero attached hydrogens (tertiary/aromatic N) is 2. The fourth-order valence-electron chi connectivity index (χ4n) is 3.24. The van der Waals surface area contributed by atoms with Gasteiger partial charge in [0.15, 0.2) is 0 Å². The number of anilines is 2. The number of rotatable bonds is 7. The van der Waals surface area contributed by atoms with Crippen LogP contribution in [0.3, 0.4) is 0 Å². The number of para-hydroxylation sites is 2. The first kappa shape index (κ1) is 19.7. The van der Waals surface area contributed by atoms with Gasteiger partial charge in [0.2, 0.25) is 11.8 Å². The molecule has 0 aliphatic heterocycles. The zero-order valence-corrected chi connectivity index (χ0v) is 16.2. The zero-order chi connectivity index (χ0) is 19.1. The van der Waals surface area contributed by atoms with Gasteiger partial charge in [0.25, 0.3) is 0 Å². The second-order valence-corrected chi connectivity index (χ2v) is 6.21. The quantitative estimate of drug-likeness (QED) is 0.749. The Morgan fingerprint density at radius 3 is 1.85 bits per heavy atom. The number of hydrogen-bond acceptors (Lipinski definition) is 2. The third-order valence-electron chi connectivity index (χ3n) is 4.59. The Balaban J connectivity index is 2.37. The molecular formula is C22H28N2O2. The van der Waals surface area contributed by atoms with Gasteiger partial charge in [-0.25, -0.2) is 0 Å². The molecule has 0 atom stereocenters. The molecule has 4 heteroatoms. The van der Waals surface area contributed by atoms with Crippen molar-refractivity contribution < 1.29 is 9.59 Å². The molecule has 138 valence electrons. The van der Waals surface area contributed by atoms with Gasteiger partial charge in [-0.1, -0.05) is 50.2 Å². The summed E-state index contributed by atoms with van der Waals surface area (Å²) >= 11 is 0. The highest BCUT2D eigenvalue weighted by atomic mass is 16.2. The molecule has 0 spiro atoms. The minimum Gasteiger partial charge on any atom is -0.311 e. The van der Waals surface area contributed by atoms with Crippen molar-refractivity contribution in [2.75, 3.05) is 22.9 Å². The van der Waals surface area contributed by atoms with Gasteiger partial charge >= 0.3 is 0 Å². The second-order valence-electron chi connectivity index (χ2n) is 6.21. The molecule has 0 N–H and O–H groups in total. The normalized spacial score (nSPS) is 10.5. The summed E-state index contributed by atoms with van der Waals surface area (Å²) in [4.78, 5) is 28.8. The van der Waals surface area contributed by atoms with E-state index in [1.54, 1.807) is 9.80 Å². The summed E-state index contributed by atoms with van der Waals surface area (Å²) in [5, 5.41) is 0. The largest absolute Gasteiger partial charge is 0.311 e. The molecule has 0 saturated carbocycles. The Morgan fingerprint density at radius 1 is 0.808 bits per heavy atom. The molecule has 0 unspecified atom stereocenters. The lowest BCUT2D eigenvalue weighted by Gasteiger charge is -2.29. The lowest BCUT2D eigenvalue weighted by atomic mass is 10.0. The van der Waals surface area contributed by atoms with Crippen LogP contribution in [0.4, 0.5) is 11.4 Å². The molecule has 4 nitrogen and oxygen atoms in total. The van der Waals surface area contributed by atoms with E-state index in [1.165, 1.54) is 6.92 Å². The minimum atomic E-state index is -0.113. The van der Waals surface area contributed by atoms with E-state index in [4.69, 9.17) is 0 Å². The molecule has 0 saturated heterocycles. The Kier molecular flexibility index (Phi) is 6.96. The van der Waals surface area contributed by atoms with E-state index in [0.29, 0.717) is 6.54 Å². The van der Waals surface area contributed by atoms with E-state index in [9.17, 15) is 9.59 Å². The van der Waals surface area contributed by atoms with Crippen LogP contribution in [-0.2, 0) is 22.4 Å². The maximum Gasteiger partial charge on any atom is 0.247 e. The lowest BCUT2D eigenvalue weighted by Crippen LogP contribution is -2.43. The summed E-state index contributed by atoms with van der Waals surface area (Å²) in [6, 6.07) is 15.7. The first-order valence-electron chi connectivity index (χ1n) is 9.27. The van der Waals surface area contributed by atoms with Crippen LogP contribution in [0.5, 0.6) is 0 Å². The van der Waals surface area contributed by atoms with Crippen LogP contribution in [0.25, 0.3) is 0 Å². The van der Waals surface area contributed by atoms with E-state index in [1.807, 2.05) is 55.5 Å². The summed E-state index contributed by atoms with van der Waals surface area (Å²) in [7, 11) is 0. The number of likely N-dealkylation sites (N-methyl/N-ethyl adjacent to an activating group) is 1. The molecule has 0 aromatic heterocycles. The fraction of sp³-hybridized carbons (Fsp3) is 0.364. The highest BCUT2D eigenvalue weighted by molar-refractivity contribution is 6.03. The molecule has 0 aliphatic carbocycles. The molecule has 2 aromatic carbocycles. The third kappa shape index (κ3) is 4.31.